The van der Waals surface area contributed by atoms with E-state index >= 15 is 0 Å². The summed E-state index contributed by atoms with van der Waals surface area (Å²) in [5.74, 6) is 1.73. The minimum absolute atomic E-state index is 0.0897. The highest BCUT2D eigenvalue weighted by Crippen LogP contribution is 2.51. The van der Waals surface area contributed by atoms with Crippen LogP contribution in [0.2, 0.25) is 0 Å². The van der Waals surface area contributed by atoms with Crippen molar-refractivity contribution in [3.8, 4) is 0 Å². The van der Waals surface area contributed by atoms with Gasteiger partial charge in [-0.2, -0.15) is 0 Å². The predicted molar refractivity (Wildman–Crippen MR) is 79.8 cm³/mol. The fraction of sp³-hybridized carbons (Fsp3) is 0.867. The van der Waals surface area contributed by atoms with Gasteiger partial charge in [0.1, 0.15) is 4.75 Å². The summed E-state index contributed by atoms with van der Waals surface area (Å²) in [5, 5.41) is 3.86. The van der Waals surface area contributed by atoms with E-state index in [0.717, 1.165) is 23.4 Å². The van der Waals surface area contributed by atoms with E-state index in [0.29, 0.717) is 12.6 Å². The highest BCUT2D eigenvalue weighted by atomic mass is 32.2. The Morgan fingerprint density at radius 1 is 1.35 bits per heavy atom. The molecule has 4 nitrogen and oxygen atoms in total. The summed E-state index contributed by atoms with van der Waals surface area (Å²) in [5.41, 5.74) is -0.409. The number of rotatable bonds is 1. The molecule has 4 fully saturated rings. The number of hydrogen-bond acceptors (Lipinski definition) is 4. The van der Waals surface area contributed by atoms with Gasteiger partial charge in [0.05, 0.1) is 11.6 Å². The van der Waals surface area contributed by atoms with E-state index < -0.39 is 10.3 Å². The molecule has 4 rings (SSSR count). The SMILES string of the molecule is CC1(C)OCCC12SC(=N[C@H]1C[C@@H]3CC[C@H]1C3)NC2=O. The van der Waals surface area contributed by atoms with Crippen molar-refractivity contribution in [1.29, 1.82) is 0 Å². The maximum Gasteiger partial charge on any atom is 0.245 e. The first kappa shape index (κ1) is 13.1. The van der Waals surface area contributed by atoms with Crippen LogP contribution in [-0.2, 0) is 9.53 Å². The van der Waals surface area contributed by atoms with Gasteiger partial charge < -0.3 is 10.1 Å². The summed E-state index contributed by atoms with van der Waals surface area (Å²) in [4.78, 5) is 17.3. The van der Waals surface area contributed by atoms with Crippen molar-refractivity contribution in [2.75, 3.05) is 6.61 Å². The minimum Gasteiger partial charge on any atom is -0.373 e. The maximum atomic E-state index is 12.5. The molecule has 2 saturated carbocycles. The lowest BCUT2D eigenvalue weighted by molar-refractivity contribution is -0.125. The molecular formula is C15H22N2O2S. The largest absolute Gasteiger partial charge is 0.373 e. The van der Waals surface area contributed by atoms with Crippen molar-refractivity contribution in [1.82, 2.24) is 5.32 Å². The van der Waals surface area contributed by atoms with Crippen LogP contribution in [0, 0.1) is 11.8 Å². The number of aliphatic imine (C=N–C) groups is 1. The van der Waals surface area contributed by atoms with Gasteiger partial charge >= 0.3 is 0 Å². The molecule has 1 amide bonds. The standard InChI is InChI=1S/C15H22N2O2S/c1-14(2)15(5-6-19-14)12(18)17-13(20-15)16-11-8-9-3-4-10(11)7-9/h9-11H,3-8H2,1-2H3,(H,16,17,18)/t9-,10+,11+,15?/m1/s1. The molecule has 5 heteroatoms. The molecule has 0 radical (unpaired) electrons. The Kier molecular flexibility index (Phi) is 2.78. The van der Waals surface area contributed by atoms with Crippen molar-refractivity contribution in [3.05, 3.63) is 0 Å². The zero-order valence-corrected chi connectivity index (χ0v) is 13.0. The van der Waals surface area contributed by atoms with Crippen LogP contribution in [0.3, 0.4) is 0 Å². The van der Waals surface area contributed by atoms with E-state index in [1.165, 1.54) is 25.7 Å². The first-order chi connectivity index (χ1) is 9.50. The van der Waals surface area contributed by atoms with E-state index in [1.54, 1.807) is 11.8 Å². The molecular weight excluding hydrogens is 272 g/mol. The third-order valence-corrected chi connectivity index (χ3v) is 7.36. The number of nitrogens with zero attached hydrogens (tertiary/aromatic N) is 1. The van der Waals surface area contributed by atoms with Gasteiger partial charge in [0.25, 0.3) is 0 Å². The molecule has 1 unspecified atom stereocenters. The molecule has 110 valence electrons. The Bertz CT molecular complexity index is 490. The molecule has 4 aliphatic rings. The predicted octanol–water partition coefficient (Wildman–Crippen LogP) is 2.33. The van der Waals surface area contributed by atoms with Gasteiger partial charge in [0.15, 0.2) is 5.17 Å². The summed E-state index contributed by atoms with van der Waals surface area (Å²) < 4.78 is 5.31. The number of hydrogen-bond donors (Lipinski definition) is 1. The molecule has 2 aliphatic carbocycles. The third-order valence-electron chi connectivity index (χ3n) is 5.73. The van der Waals surface area contributed by atoms with Gasteiger partial charge in [-0.25, -0.2) is 0 Å². The first-order valence-corrected chi connectivity index (χ1v) is 8.54. The van der Waals surface area contributed by atoms with Crippen LogP contribution in [0.1, 0.15) is 46.0 Å². The number of nitrogens with one attached hydrogen (secondary N) is 1. The van der Waals surface area contributed by atoms with Crippen molar-refractivity contribution < 1.29 is 9.53 Å². The van der Waals surface area contributed by atoms with Crippen molar-refractivity contribution in [2.24, 2.45) is 16.8 Å². The van der Waals surface area contributed by atoms with Gasteiger partial charge in [0.2, 0.25) is 5.91 Å². The zero-order chi connectivity index (χ0) is 14.0. The molecule has 4 atom stereocenters. The normalized spacial score (nSPS) is 47.6. The molecule has 0 aromatic heterocycles. The quantitative estimate of drug-likeness (QED) is 0.807. The number of carbonyl (C=O) groups excluding carboxylic acids is 1. The number of ether oxygens (including phenoxy) is 1. The number of carbonyl (C=O) groups is 1. The number of amidine groups is 1. The Balaban J connectivity index is 1.56. The molecule has 2 bridgehead atoms. The second kappa shape index (κ2) is 4.23. The molecule has 2 saturated heterocycles. The molecule has 1 N–H and O–H groups in total. The summed E-state index contributed by atoms with van der Waals surface area (Å²) in [6, 6.07) is 0.442. The van der Waals surface area contributed by atoms with E-state index in [2.05, 4.69) is 5.32 Å². The fourth-order valence-corrected chi connectivity index (χ4v) is 5.74. The average molecular weight is 294 g/mol. The average Bonchev–Trinajstić information content (AvgIpc) is 3.09. The Hall–Kier alpha value is -0.550. The summed E-state index contributed by atoms with van der Waals surface area (Å²) >= 11 is 1.61. The summed E-state index contributed by atoms with van der Waals surface area (Å²) in [6.07, 6.45) is 6.06. The molecule has 20 heavy (non-hydrogen) atoms. The van der Waals surface area contributed by atoms with E-state index in [-0.39, 0.29) is 5.91 Å². The maximum absolute atomic E-state index is 12.5. The Labute approximate surface area is 124 Å². The van der Waals surface area contributed by atoms with Crippen LogP contribution >= 0.6 is 11.8 Å². The molecule has 2 heterocycles. The summed E-state index contributed by atoms with van der Waals surface area (Å²) in [6.45, 7) is 4.70. The minimum atomic E-state index is -0.469. The van der Waals surface area contributed by atoms with E-state index in [9.17, 15) is 4.79 Å². The van der Waals surface area contributed by atoms with Crippen molar-refractivity contribution in [3.63, 3.8) is 0 Å². The van der Waals surface area contributed by atoms with Crippen LogP contribution in [0.25, 0.3) is 0 Å². The highest BCUT2D eigenvalue weighted by Gasteiger charge is 2.60. The lowest BCUT2D eigenvalue weighted by atomic mass is 9.89. The first-order valence-electron chi connectivity index (χ1n) is 7.72. The monoisotopic (exact) mass is 294 g/mol. The number of thioether (sulfide) groups is 1. The lowest BCUT2D eigenvalue weighted by Gasteiger charge is -2.32. The number of fused-ring (bicyclic) bond motifs is 2. The Morgan fingerprint density at radius 2 is 2.20 bits per heavy atom. The third kappa shape index (κ3) is 1.72. The summed E-state index contributed by atoms with van der Waals surface area (Å²) in [7, 11) is 0. The highest BCUT2D eigenvalue weighted by molar-refractivity contribution is 8.16. The van der Waals surface area contributed by atoms with Crippen molar-refractivity contribution >= 4 is 22.8 Å². The van der Waals surface area contributed by atoms with Gasteiger partial charge in [-0.05, 0) is 51.4 Å². The van der Waals surface area contributed by atoms with Crippen LogP contribution in [0.15, 0.2) is 4.99 Å². The van der Waals surface area contributed by atoms with Crippen molar-refractivity contribution in [2.45, 2.75) is 62.3 Å². The van der Waals surface area contributed by atoms with Gasteiger partial charge in [-0.3, -0.25) is 9.79 Å². The van der Waals surface area contributed by atoms with E-state index in [4.69, 9.17) is 9.73 Å². The smallest absolute Gasteiger partial charge is 0.245 e. The van der Waals surface area contributed by atoms with Crippen LogP contribution in [0.4, 0.5) is 0 Å². The zero-order valence-electron chi connectivity index (χ0n) is 12.1. The van der Waals surface area contributed by atoms with E-state index in [1.807, 2.05) is 13.8 Å². The second-order valence-corrected chi connectivity index (χ2v) is 8.46. The van der Waals surface area contributed by atoms with Gasteiger partial charge in [-0.15, -0.1) is 0 Å². The molecule has 1 spiro atoms. The molecule has 0 aromatic rings. The molecule has 2 aliphatic heterocycles. The fourth-order valence-electron chi connectivity index (χ4n) is 4.44. The van der Waals surface area contributed by atoms with Crippen LogP contribution in [0.5, 0.6) is 0 Å². The van der Waals surface area contributed by atoms with Gasteiger partial charge in [-0.1, -0.05) is 18.2 Å². The molecule has 0 aromatic carbocycles. The number of amides is 1. The topological polar surface area (TPSA) is 50.7 Å². The second-order valence-electron chi connectivity index (χ2n) is 7.17. The lowest BCUT2D eigenvalue weighted by Crippen LogP contribution is -2.49. The van der Waals surface area contributed by atoms with Crippen LogP contribution < -0.4 is 5.32 Å². The Morgan fingerprint density at radius 3 is 2.80 bits per heavy atom. The van der Waals surface area contributed by atoms with Crippen LogP contribution in [-0.4, -0.2) is 34.1 Å². The van der Waals surface area contributed by atoms with Gasteiger partial charge in [0, 0.05) is 6.61 Å².